The second-order valence-corrected chi connectivity index (χ2v) is 8.45. The summed E-state index contributed by atoms with van der Waals surface area (Å²) in [5, 5.41) is 13.4. The van der Waals surface area contributed by atoms with Crippen LogP contribution in [0, 0.1) is 11.3 Å². The molecule has 1 amide bonds. The number of nitriles is 1. The van der Waals surface area contributed by atoms with E-state index in [1.165, 1.54) is 0 Å². The van der Waals surface area contributed by atoms with E-state index in [1.807, 2.05) is 32.0 Å². The Bertz CT molecular complexity index is 1140. The normalized spacial score (nSPS) is 12.7. The first-order valence-corrected chi connectivity index (χ1v) is 10.8. The number of halogens is 2. The third-order valence-electron chi connectivity index (χ3n) is 4.83. The maximum atomic E-state index is 13.3. The van der Waals surface area contributed by atoms with Gasteiger partial charge in [-0.15, -0.1) is 0 Å². The van der Waals surface area contributed by atoms with Crippen LogP contribution in [0.5, 0.6) is 5.75 Å². The molecule has 5 nitrogen and oxygen atoms in total. The van der Waals surface area contributed by atoms with Crippen molar-refractivity contribution in [2.45, 2.75) is 32.0 Å². The van der Waals surface area contributed by atoms with E-state index in [4.69, 9.17) is 33.7 Å². The monoisotopic (exact) mass is 467 g/mol. The SMILES string of the molecule is CC(C)Oc1cc(C#N)ccc1C(=O)NC(c1cccc(Cl)c1)C(N)c1ccc(Cl)cc1. The molecule has 0 radical (unpaired) electrons. The van der Waals surface area contributed by atoms with Crippen molar-refractivity contribution >= 4 is 29.1 Å². The minimum atomic E-state index is -0.579. The summed E-state index contributed by atoms with van der Waals surface area (Å²) in [5.74, 6) is -0.0408. The predicted octanol–water partition coefficient (Wildman–Crippen LogP) is 5.82. The van der Waals surface area contributed by atoms with Crippen molar-refractivity contribution in [2.24, 2.45) is 5.73 Å². The molecule has 164 valence electrons. The number of hydrogen-bond acceptors (Lipinski definition) is 4. The fourth-order valence-corrected chi connectivity index (χ4v) is 3.63. The predicted molar refractivity (Wildman–Crippen MR) is 127 cm³/mol. The molecule has 0 aliphatic heterocycles. The fraction of sp³-hybridized carbons (Fsp3) is 0.200. The molecule has 0 aliphatic carbocycles. The highest BCUT2D eigenvalue weighted by Gasteiger charge is 2.26. The van der Waals surface area contributed by atoms with Crippen molar-refractivity contribution in [3.8, 4) is 11.8 Å². The van der Waals surface area contributed by atoms with Gasteiger partial charge in [0.2, 0.25) is 0 Å². The standard InChI is InChI=1S/C25H23Cl2N3O2/c1-15(2)32-22-12-16(14-28)6-11-21(22)25(31)30-24(18-4-3-5-20(27)13-18)23(29)17-7-9-19(26)10-8-17/h3-13,15,23-24H,29H2,1-2H3,(H,30,31). The summed E-state index contributed by atoms with van der Waals surface area (Å²) in [5.41, 5.74) is 8.87. The summed E-state index contributed by atoms with van der Waals surface area (Å²) in [6.07, 6.45) is -0.171. The number of nitrogens with two attached hydrogens (primary N) is 1. The summed E-state index contributed by atoms with van der Waals surface area (Å²) in [6, 6.07) is 20.0. The summed E-state index contributed by atoms with van der Waals surface area (Å²) in [6.45, 7) is 3.71. The number of amides is 1. The molecule has 3 aromatic rings. The zero-order chi connectivity index (χ0) is 23.3. The Kier molecular flexibility index (Phi) is 7.76. The molecule has 0 saturated carbocycles. The zero-order valence-corrected chi connectivity index (χ0v) is 19.2. The van der Waals surface area contributed by atoms with Crippen LogP contribution in [0.4, 0.5) is 0 Å². The molecule has 0 bridgehead atoms. The first kappa shape index (κ1) is 23.6. The van der Waals surface area contributed by atoms with Crippen LogP contribution in [0.2, 0.25) is 10.0 Å². The van der Waals surface area contributed by atoms with Gasteiger partial charge in [0.1, 0.15) is 5.75 Å². The quantitative estimate of drug-likeness (QED) is 0.457. The molecule has 2 unspecified atom stereocenters. The van der Waals surface area contributed by atoms with Crippen molar-refractivity contribution < 1.29 is 9.53 Å². The van der Waals surface area contributed by atoms with E-state index in [0.29, 0.717) is 26.9 Å². The molecule has 0 aliphatic rings. The molecule has 3 N–H and O–H groups in total. The molecule has 0 aromatic heterocycles. The molecule has 0 fully saturated rings. The molecule has 0 spiro atoms. The van der Waals surface area contributed by atoms with Crippen LogP contribution in [0.3, 0.4) is 0 Å². The number of rotatable bonds is 7. The Hall–Kier alpha value is -3.04. The van der Waals surface area contributed by atoms with E-state index in [-0.39, 0.29) is 12.0 Å². The Morgan fingerprint density at radius 2 is 1.72 bits per heavy atom. The lowest BCUT2D eigenvalue weighted by Crippen LogP contribution is -2.36. The maximum Gasteiger partial charge on any atom is 0.255 e. The molecule has 32 heavy (non-hydrogen) atoms. The van der Waals surface area contributed by atoms with E-state index >= 15 is 0 Å². The maximum absolute atomic E-state index is 13.3. The second-order valence-electron chi connectivity index (χ2n) is 7.57. The van der Waals surface area contributed by atoms with Gasteiger partial charge in [0.15, 0.2) is 0 Å². The van der Waals surface area contributed by atoms with E-state index in [0.717, 1.165) is 11.1 Å². The number of carbonyl (C=O) groups excluding carboxylic acids is 1. The molecule has 3 rings (SSSR count). The number of ether oxygens (including phenoxy) is 1. The fourth-order valence-electron chi connectivity index (χ4n) is 3.31. The lowest BCUT2D eigenvalue weighted by Gasteiger charge is -2.27. The summed E-state index contributed by atoms with van der Waals surface area (Å²) < 4.78 is 5.79. The third-order valence-corrected chi connectivity index (χ3v) is 5.31. The minimum Gasteiger partial charge on any atom is -0.490 e. The van der Waals surface area contributed by atoms with Gasteiger partial charge in [-0.05, 0) is 67.4 Å². The first-order chi connectivity index (χ1) is 15.3. The van der Waals surface area contributed by atoms with Crippen LogP contribution >= 0.6 is 23.2 Å². The number of hydrogen-bond donors (Lipinski definition) is 2. The molecule has 0 saturated heterocycles. The van der Waals surface area contributed by atoms with Gasteiger partial charge in [-0.25, -0.2) is 0 Å². The van der Waals surface area contributed by atoms with Crippen molar-refractivity contribution in [3.05, 3.63) is 99.0 Å². The molecule has 2 atom stereocenters. The van der Waals surface area contributed by atoms with Gasteiger partial charge in [0.05, 0.1) is 35.4 Å². The number of carbonyl (C=O) groups is 1. The van der Waals surface area contributed by atoms with Crippen LogP contribution in [0.1, 0.15) is 53.0 Å². The van der Waals surface area contributed by atoms with Gasteiger partial charge in [-0.1, -0.05) is 47.5 Å². The molecular formula is C25H23Cl2N3O2. The van der Waals surface area contributed by atoms with E-state index in [9.17, 15) is 10.1 Å². The topological polar surface area (TPSA) is 88.1 Å². The molecular weight excluding hydrogens is 445 g/mol. The largest absolute Gasteiger partial charge is 0.490 e. The zero-order valence-electron chi connectivity index (χ0n) is 17.7. The first-order valence-electron chi connectivity index (χ1n) is 10.1. The minimum absolute atomic E-state index is 0.171. The van der Waals surface area contributed by atoms with Crippen molar-refractivity contribution in [2.75, 3.05) is 0 Å². The summed E-state index contributed by atoms with van der Waals surface area (Å²) in [7, 11) is 0. The van der Waals surface area contributed by atoms with Gasteiger partial charge in [-0.3, -0.25) is 4.79 Å². The van der Waals surface area contributed by atoms with Gasteiger partial charge in [0, 0.05) is 10.0 Å². The lowest BCUT2D eigenvalue weighted by atomic mass is 9.93. The molecule has 7 heteroatoms. The van der Waals surface area contributed by atoms with E-state index in [1.54, 1.807) is 48.5 Å². The van der Waals surface area contributed by atoms with Crippen LogP contribution < -0.4 is 15.8 Å². The Morgan fingerprint density at radius 1 is 1.00 bits per heavy atom. The average molecular weight is 468 g/mol. The molecule has 0 heterocycles. The Labute approximate surface area is 197 Å². The van der Waals surface area contributed by atoms with Crippen molar-refractivity contribution in [1.82, 2.24) is 5.32 Å². The van der Waals surface area contributed by atoms with Crippen molar-refractivity contribution in [3.63, 3.8) is 0 Å². The van der Waals surface area contributed by atoms with Gasteiger partial charge >= 0.3 is 0 Å². The molecule has 3 aromatic carbocycles. The van der Waals surface area contributed by atoms with Crippen LogP contribution in [0.15, 0.2) is 66.7 Å². The third kappa shape index (κ3) is 5.80. The average Bonchev–Trinajstić information content (AvgIpc) is 2.77. The van der Waals surface area contributed by atoms with Crippen LogP contribution in [-0.4, -0.2) is 12.0 Å². The van der Waals surface area contributed by atoms with E-state index < -0.39 is 12.1 Å². The summed E-state index contributed by atoms with van der Waals surface area (Å²) in [4.78, 5) is 13.3. The summed E-state index contributed by atoms with van der Waals surface area (Å²) >= 11 is 12.2. The van der Waals surface area contributed by atoms with Crippen molar-refractivity contribution in [1.29, 1.82) is 5.26 Å². The lowest BCUT2D eigenvalue weighted by molar-refractivity contribution is 0.0924. The van der Waals surface area contributed by atoms with Gasteiger partial charge in [-0.2, -0.15) is 5.26 Å². The van der Waals surface area contributed by atoms with Gasteiger partial charge < -0.3 is 15.8 Å². The van der Waals surface area contributed by atoms with Crippen LogP contribution in [-0.2, 0) is 0 Å². The highest BCUT2D eigenvalue weighted by atomic mass is 35.5. The number of benzene rings is 3. The highest BCUT2D eigenvalue weighted by Crippen LogP contribution is 2.31. The number of nitrogens with one attached hydrogen (secondary N) is 1. The smallest absolute Gasteiger partial charge is 0.255 e. The number of nitrogens with zero attached hydrogens (tertiary/aromatic N) is 1. The second kappa shape index (κ2) is 10.5. The highest BCUT2D eigenvalue weighted by molar-refractivity contribution is 6.30. The Balaban J connectivity index is 1.99. The van der Waals surface area contributed by atoms with Crippen LogP contribution in [0.25, 0.3) is 0 Å². The van der Waals surface area contributed by atoms with Gasteiger partial charge in [0.25, 0.3) is 5.91 Å². The Morgan fingerprint density at radius 3 is 2.34 bits per heavy atom. The van der Waals surface area contributed by atoms with E-state index in [2.05, 4.69) is 11.4 Å².